The summed E-state index contributed by atoms with van der Waals surface area (Å²) in [5.41, 5.74) is 1.80. The number of aromatic nitrogens is 3. The van der Waals surface area contributed by atoms with Crippen molar-refractivity contribution in [1.29, 1.82) is 0 Å². The van der Waals surface area contributed by atoms with Gasteiger partial charge in [-0.2, -0.15) is 0 Å². The average Bonchev–Trinajstić information content (AvgIpc) is 3.08. The number of halogens is 1. The van der Waals surface area contributed by atoms with Gasteiger partial charge in [0.25, 0.3) is 5.91 Å². The number of amides is 1. The van der Waals surface area contributed by atoms with Crippen molar-refractivity contribution in [1.82, 2.24) is 15.0 Å². The Bertz CT molecular complexity index is 892. The van der Waals surface area contributed by atoms with E-state index in [1.54, 1.807) is 31.4 Å². The minimum absolute atomic E-state index is 0.131. The Hall–Kier alpha value is -3.26. The molecule has 0 aliphatic carbocycles. The topological polar surface area (TPSA) is 78.3 Å². The van der Waals surface area contributed by atoms with Gasteiger partial charge in [0.15, 0.2) is 5.69 Å². The monoisotopic (exact) mass is 356 g/mol. The molecule has 0 unspecified atom stereocenters. The Kier molecular flexibility index (Phi) is 5.23. The van der Waals surface area contributed by atoms with Crippen LogP contribution in [0.2, 0.25) is 0 Å². The summed E-state index contributed by atoms with van der Waals surface area (Å²) in [7, 11) is 3.10. The van der Waals surface area contributed by atoms with Gasteiger partial charge in [-0.1, -0.05) is 5.21 Å². The molecule has 0 saturated heterocycles. The number of carbonyl (C=O) groups excluding carboxylic acids is 1. The van der Waals surface area contributed by atoms with Crippen molar-refractivity contribution < 1.29 is 18.7 Å². The van der Waals surface area contributed by atoms with Gasteiger partial charge in [-0.15, -0.1) is 5.10 Å². The molecule has 0 spiro atoms. The van der Waals surface area contributed by atoms with Crippen LogP contribution in [0.15, 0.2) is 48.5 Å². The van der Waals surface area contributed by atoms with Crippen LogP contribution in [0, 0.1) is 5.82 Å². The smallest absolute Gasteiger partial charge is 0.278 e. The lowest BCUT2D eigenvalue weighted by Crippen LogP contribution is -2.16. The molecule has 0 aliphatic heterocycles. The Labute approximate surface area is 149 Å². The van der Waals surface area contributed by atoms with Crippen LogP contribution in [0.5, 0.6) is 5.75 Å². The molecule has 0 saturated carbocycles. The van der Waals surface area contributed by atoms with E-state index < -0.39 is 5.91 Å². The number of methoxy groups -OCH3 is 2. The van der Waals surface area contributed by atoms with Crippen molar-refractivity contribution in [3.8, 4) is 11.4 Å². The molecule has 3 rings (SSSR count). The van der Waals surface area contributed by atoms with Gasteiger partial charge in [-0.3, -0.25) is 4.79 Å². The number of nitrogens with zero attached hydrogens (tertiary/aromatic N) is 3. The summed E-state index contributed by atoms with van der Waals surface area (Å²) >= 11 is 0. The highest BCUT2D eigenvalue weighted by molar-refractivity contribution is 6.03. The molecule has 2 aromatic carbocycles. The van der Waals surface area contributed by atoms with E-state index in [1.807, 2.05) is 0 Å². The summed E-state index contributed by atoms with van der Waals surface area (Å²) in [6, 6.07) is 12.6. The van der Waals surface area contributed by atoms with Crippen LogP contribution in [-0.2, 0) is 11.3 Å². The fourth-order valence-electron chi connectivity index (χ4n) is 2.40. The fourth-order valence-corrected chi connectivity index (χ4v) is 2.40. The predicted molar refractivity (Wildman–Crippen MR) is 93.0 cm³/mol. The zero-order valence-electron chi connectivity index (χ0n) is 14.3. The highest BCUT2D eigenvalue weighted by Gasteiger charge is 2.21. The van der Waals surface area contributed by atoms with E-state index in [-0.39, 0.29) is 18.1 Å². The second-order valence-electron chi connectivity index (χ2n) is 5.39. The normalized spacial score (nSPS) is 10.6. The molecule has 3 aromatic rings. The lowest BCUT2D eigenvalue weighted by molar-refractivity contribution is 0.101. The molecule has 0 fully saturated rings. The molecule has 0 aliphatic rings. The molecular formula is C18H17FN4O3. The van der Waals surface area contributed by atoms with Gasteiger partial charge >= 0.3 is 0 Å². The predicted octanol–water partition coefficient (Wildman–Crippen LogP) is 2.81. The number of carbonyl (C=O) groups is 1. The summed E-state index contributed by atoms with van der Waals surface area (Å²) < 4.78 is 24.9. The second-order valence-corrected chi connectivity index (χ2v) is 5.39. The molecule has 0 atom stereocenters. The molecule has 1 aromatic heterocycles. The maximum absolute atomic E-state index is 13.0. The Morgan fingerprint density at radius 3 is 2.42 bits per heavy atom. The van der Waals surface area contributed by atoms with E-state index in [2.05, 4.69) is 15.6 Å². The largest absolute Gasteiger partial charge is 0.497 e. The molecule has 0 radical (unpaired) electrons. The molecule has 8 heteroatoms. The van der Waals surface area contributed by atoms with E-state index in [0.717, 1.165) is 0 Å². The van der Waals surface area contributed by atoms with Crippen LogP contribution >= 0.6 is 0 Å². The highest BCUT2D eigenvalue weighted by Crippen LogP contribution is 2.19. The minimum atomic E-state index is -0.455. The standard InChI is InChI=1S/C18H17FN4O3/c1-25-11-16-17(18(24)20-13-5-3-12(19)4-6-13)21-22-23(16)14-7-9-15(26-2)10-8-14/h3-10H,11H2,1-2H3,(H,20,24). The van der Waals surface area contributed by atoms with E-state index >= 15 is 0 Å². The van der Waals surface area contributed by atoms with Gasteiger partial charge in [0.05, 0.1) is 19.4 Å². The van der Waals surface area contributed by atoms with E-state index in [4.69, 9.17) is 9.47 Å². The molecule has 0 bridgehead atoms. The Morgan fingerprint density at radius 2 is 1.81 bits per heavy atom. The van der Waals surface area contributed by atoms with Gasteiger partial charge in [0.1, 0.15) is 17.3 Å². The number of benzene rings is 2. The first-order valence-electron chi connectivity index (χ1n) is 7.77. The van der Waals surface area contributed by atoms with Crippen LogP contribution in [0.4, 0.5) is 10.1 Å². The third kappa shape index (κ3) is 3.70. The van der Waals surface area contributed by atoms with Gasteiger partial charge in [0.2, 0.25) is 0 Å². The third-order valence-corrected chi connectivity index (χ3v) is 3.68. The molecule has 1 N–H and O–H groups in total. The second kappa shape index (κ2) is 7.75. The molecule has 134 valence electrons. The van der Waals surface area contributed by atoms with Crippen LogP contribution in [0.25, 0.3) is 5.69 Å². The van der Waals surface area contributed by atoms with Crippen molar-refractivity contribution >= 4 is 11.6 Å². The Balaban J connectivity index is 1.90. The zero-order chi connectivity index (χ0) is 18.5. The van der Waals surface area contributed by atoms with Gasteiger partial charge in [0, 0.05) is 12.8 Å². The number of nitrogens with one attached hydrogen (secondary N) is 1. The molecular weight excluding hydrogens is 339 g/mol. The summed E-state index contributed by atoms with van der Waals surface area (Å²) in [6.45, 7) is 0.144. The highest BCUT2D eigenvalue weighted by atomic mass is 19.1. The molecule has 26 heavy (non-hydrogen) atoms. The average molecular weight is 356 g/mol. The summed E-state index contributed by atoms with van der Waals surface area (Å²) in [5, 5.41) is 10.7. The van der Waals surface area contributed by atoms with Crippen molar-refractivity contribution in [2.45, 2.75) is 6.61 Å². The quantitative estimate of drug-likeness (QED) is 0.735. The number of anilines is 1. The Morgan fingerprint density at radius 1 is 1.12 bits per heavy atom. The third-order valence-electron chi connectivity index (χ3n) is 3.68. The fraction of sp³-hybridized carbons (Fsp3) is 0.167. The summed E-state index contributed by atoms with van der Waals surface area (Å²) in [5.74, 6) is -0.131. The van der Waals surface area contributed by atoms with E-state index in [0.29, 0.717) is 22.8 Å². The van der Waals surface area contributed by atoms with Crippen LogP contribution in [0.3, 0.4) is 0 Å². The number of ether oxygens (including phenoxy) is 2. The van der Waals surface area contributed by atoms with Crippen molar-refractivity contribution in [2.75, 3.05) is 19.5 Å². The summed E-state index contributed by atoms with van der Waals surface area (Å²) in [6.07, 6.45) is 0. The lowest BCUT2D eigenvalue weighted by atomic mass is 10.2. The van der Waals surface area contributed by atoms with E-state index in [1.165, 1.54) is 36.1 Å². The van der Waals surface area contributed by atoms with E-state index in [9.17, 15) is 9.18 Å². The zero-order valence-corrected chi connectivity index (χ0v) is 14.3. The maximum atomic E-state index is 13.0. The first kappa shape index (κ1) is 17.6. The van der Waals surface area contributed by atoms with Gasteiger partial charge < -0.3 is 14.8 Å². The molecule has 1 amide bonds. The minimum Gasteiger partial charge on any atom is -0.497 e. The maximum Gasteiger partial charge on any atom is 0.278 e. The van der Waals surface area contributed by atoms with Crippen LogP contribution < -0.4 is 10.1 Å². The lowest BCUT2D eigenvalue weighted by Gasteiger charge is -2.08. The van der Waals surface area contributed by atoms with Gasteiger partial charge in [-0.25, -0.2) is 9.07 Å². The first-order valence-corrected chi connectivity index (χ1v) is 7.77. The SMILES string of the molecule is COCc1c(C(=O)Nc2ccc(F)cc2)nnn1-c1ccc(OC)cc1. The van der Waals surface area contributed by atoms with Crippen molar-refractivity contribution in [3.63, 3.8) is 0 Å². The van der Waals surface area contributed by atoms with Crippen molar-refractivity contribution in [2.24, 2.45) is 0 Å². The van der Waals surface area contributed by atoms with Crippen LogP contribution in [0.1, 0.15) is 16.2 Å². The molecule has 1 heterocycles. The summed E-state index contributed by atoms with van der Waals surface area (Å²) in [4.78, 5) is 12.5. The first-order chi connectivity index (χ1) is 12.6. The van der Waals surface area contributed by atoms with Gasteiger partial charge in [-0.05, 0) is 48.5 Å². The molecule has 7 nitrogen and oxygen atoms in total. The van der Waals surface area contributed by atoms with Crippen molar-refractivity contribution in [3.05, 3.63) is 65.7 Å². The van der Waals surface area contributed by atoms with Crippen LogP contribution in [-0.4, -0.2) is 35.1 Å². The number of rotatable bonds is 6. The number of hydrogen-bond acceptors (Lipinski definition) is 5. The number of hydrogen-bond donors (Lipinski definition) is 1.